The van der Waals surface area contributed by atoms with E-state index in [1.165, 1.54) is 5.56 Å². The van der Waals surface area contributed by atoms with E-state index in [1.54, 1.807) is 11.6 Å². The zero-order chi connectivity index (χ0) is 27.7. The molecule has 204 valence electrons. The Balaban J connectivity index is 1.43. The van der Waals surface area contributed by atoms with E-state index in [4.69, 9.17) is 4.99 Å². The van der Waals surface area contributed by atoms with Crippen LogP contribution in [0.5, 0.6) is 0 Å². The maximum Gasteiger partial charge on any atom is 0.276 e. The van der Waals surface area contributed by atoms with Crippen LogP contribution in [0.2, 0.25) is 0 Å². The van der Waals surface area contributed by atoms with Crippen molar-refractivity contribution in [3.8, 4) is 11.1 Å². The molecule has 2 unspecified atom stereocenters. The molecule has 5 rings (SSSR count). The summed E-state index contributed by atoms with van der Waals surface area (Å²) < 4.78 is 1.57. The molecule has 8 nitrogen and oxygen atoms in total. The lowest BCUT2D eigenvalue weighted by molar-refractivity contribution is 0.102. The molecule has 0 spiro atoms. The second-order valence-corrected chi connectivity index (χ2v) is 11.6. The van der Waals surface area contributed by atoms with Crippen LogP contribution in [0.4, 0.5) is 11.4 Å². The van der Waals surface area contributed by atoms with Gasteiger partial charge in [-0.05, 0) is 72.7 Å². The summed E-state index contributed by atoms with van der Waals surface area (Å²) in [5.74, 6) is 0.826. The number of amidine groups is 1. The molecular weight excluding hydrogens is 488 g/mol. The van der Waals surface area contributed by atoms with Crippen molar-refractivity contribution in [2.75, 3.05) is 18.4 Å². The maximum atomic E-state index is 13.1. The first-order valence-electron chi connectivity index (χ1n) is 13.7. The second kappa shape index (κ2) is 10.8. The van der Waals surface area contributed by atoms with Crippen molar-refractivity contribution < 1.29 is 4.79 Å². The number of anilines is 1. The predicted molar refractivity (Wildman–Crippen MR) is 158 cm³/mol. The molecule has 0 saturated carbocycles. The highest BCUT2D eigenvalue weighted by atomic mass is 16.1. The predicted octanol–water partition coefficient (Wildman–Crippen LogP) is 4.42. The van der Waals surface area contributed by atoms with Gasteiger partial charge in [-0.2, -0.15) is 0 Å². The lowest BCUT2D eigenvalue weighted by Crippen LogP contribution is -2.36. The first kappa shape index (κ1) is 26.8. The number of benzene rings is 2. The van der Waals surface area contributed by atoms with E-state index < -0.39 is 0 Å². The van der Waals surface area contributed by atoms with E-state index in [0.29, 0.717) is 17.3 Å². The SMILES string of the molecule is Cc1c(NC(=O)c2ccc(C(C)(C)C)cc2)cccc1-c1cc(N=C2NNCC2C2CCCN2)c(=O)n(C)c1. The minimum Gasteiger partial charge on any atom is -0.322 e. The molecule has 4 N–H and O–H groups in total. The number of aliphatic imine (C=N–C) groups is 1. The minimum absolute atomic E-state index is 0.0258. The second-order valence-electron chi connectivity index (χ2n) is 11.6. The van der Waals surface area contributed by atoms with Crippen LogP contribution in [0.3, 0.4) is 0 Å². The molecule has 2 aromatic carbocycles. The van der Waals surface area contributed by atoms with Crippen molar-refractivity contribution in [3.05, 3.63) is 81.8 Å². The van der Waals surface area contributed by atoms with Gasteiger partial charge in [0.25, 0.3) is 11.5 Å². The highest BCUT2D eigenvalue weighted by molar-refractivity contribution is 6.05. The number of nitrogens with zero attached hydrogens (tertiary/aromatic N) is 2. The Bertz CT molecular complexity index is 1460. The number of carbonyl (C=O) groups is 1. The average Bonchev–Trinajstić information content (AvgIpc) is 3.59. The van der Waals surface area contributed by atoms with E-state index in [0.717, 1.165) is 54.1 Å². The largest absolute Gasteiger partial charge is 0.322 e. The van der Waals surface area contributed by atoms with Crippen LogP contribution >= 0.6 is 0 Å². The molecule has 0 bridgehead atoms. The van der Waals surface area contributed by atoms with Gasteiger partial charge in [-0.1, -0.05) is 45.0 Å². The number of rotatable bonds is 5. The van der Waals surface area contributed by atoms with Crippen LogP contribution in [0.25, 0.3) is 11.1 Å². The van der Waals surface area contributed by atoms with Gasteiger partial charge >= 0.3 is 0 Å². The third-order valence-electron chi connectivity index (χ3n) is 7.79. The quantitative estimate of drug-likeness (QED) is 0.395. The summed E-state index contributed by atoms with van der Waals surface area (Å²) in [5, 5.41) is 6.62. The average molecular weight is 527 g/mol. The van der Waals surface area contributed by atoms with Crippen LogP contribution < -0.4 is 27.0 Å². The maximum absolute atomic E-state index is 13.1. The summed E-state index contributed by atoms with van der Waals surface area (Å²) in [4.78, 5) is 30.9. The Labute approximate surface area is 229 Å². The Morgan fingerprint density at radius 2 is 1.90 bits per heavy atom. The molecule has 8 heteroatoms. The van der Waals surface area contributed by atoms with Crippen LogP contribution in [-0.2, 0) is 12.5 Å². The molecular formula is C31H38N6O2. The fraction of sp³-hybridized carbons (Fsp3) is 0.387. The Morgan fingerprint density at radius 3 is 2.59 bits per heavy atom. The number of pyridine rings is 1. The number of hydrogen-bond acceptors (Lipinski definition) is 5. The van der Waals surface area contributed by atoms with E-state index >= 15 is 0 Å². The van der Waals surface area contributed by atoms with E-state index in [1.807, 2.05) is 61.7 Å². The standard InChI is InChI=1S/C31H38N6O2/c1-19-23(8-6-9-25(19)35-29(38)20-11-13-22(14-12-20)31(2,3)4)21-16-27(30(39)37(5)18-21)34-28-24(17-33-36-28)26-10-7-15-32-26/h6,8-9,11-14,16,18,24,26,32-33H,7,10,15,17H2,1-5H3,(H,34,36)(H,35,38). The number of hydrogen-bond donors (Lipinski definition) is 4. The zero-order valence-electron chi connectivity index (χ0n) is 23.4. The molecule has 2 fully saturated rings. The zero-order valence-corrected chi connectivity index (χ0v) is 23.4. The third kappa shape index (κ3) is 5.67. The summed E-state index contributed by atoms with van der Waals surface area (Å²) in [6, 6.07) is 15.8. The van der Waals surface area contributed by atoms with E-state index in [2.05, 4.69) is 42.3 Å². The topological polar surface area (TPSA) is 99.6 Å². The lowest BCUT2D eigenvalue weighted by atomic mass is 9.86. The normalized spacial score (nSPS) is 20.3. The van der Waals surface area contributed by atoms with E-state index in [-0.39, 0.29) is 22.8 Å². The Kier molecular flexibility index (Phi) is 7.42. The van der Waals surface area contributed by atoms with Crippen molar-refractivity contribution in [3.63, 3.8) is 0 Å². The van der Waals surface area contributed by atoms with Crippen molar-refractivity contribution in [2.24, 2.45) is 18.0 Å². The first-order valence-corrected chi connectivity index (χ1v) is 13.7. The Hall–Kier alpha value is -3.75. The van der Waals surface area contributed by atoms with Gasteiger partial charge < -0.3 is 20.6 Å². The van der Waals surface area contributed by atoms with Gasteiger partial charge in [-0.15, -0.1) is 0 Å². The number of carbonyl (C=O) groups excluding carboxylic acids is 1. The number of hydrazine groups is 1. The molecule has 0 aliphatic carbocycles. The Morgan fingerprint density at radius 1 is 1.13 bits per heavy atom. The summed E-state index contributed by atoms with van der Waals surface area (Å²) >= 11 is 0. The summed E-state index contributed by atoms with van der Waals surface area (Å²) in [6.07, 6.45) is 4.07. The van der Waals surface area contributed by atoms with Gasteiger partial charge in [0.05, 0.1) is 0 Å². The molecule has 2 saturated heterocycles. The van der Waals surface area contributed by atoms with Crippen LogP contribution in [-0.4, -0.2) is 35.4 Å². The minimum atomic E-state index is -0.158. The van der Waals surface area contributed by atoms with Gasteiger partial charge in [0.2, 0.25) is 0 Å². The first-order chi connectivity index (χ1) is 18.6. The highest BCUT2D eigenvalue weighted by Crippen LogP contribution is 2.31. The van der Waals surface area contributed by atoms with Gasteiger partial charge in [-0.3, -0.25) is 9.59 Å². The number of aryl methyl sites for hydroxylation is 1. The molecule has 2 aliphatic heterocycles. The van der Waals surface area contributed by atoms with Gasteiger partial charge in [0, 0.05) is 48.6 Å². The van der Waals surface area contributed by atoms with Crippen LogP contribution in [0.15, 0.2) is 64.5 Å². The summed E-state index contributed by atoms with van der Waals surface area (Å²) in [7, 11) is 1.74. The van der Waals surface area contributed by atoms with Gasteiger partial charge in [0.15, 0.2) is 0 Å². The van der Waals surface area contributed by atoms with Crippen molar-refractivity contribution in [2.45, 2.75) is 52.0 Å². The number of aromatic nitrogens is 1. The highest BCUT2D eigenvalue weighted by Gasteiger charge is 2.32. The third-order valence-corrected chi connectivity index (χ3v) is 7.79. The molecule has 1 aromatic heterocycles. The lowest BCUT2D eigenvalue weighted by Gasteiger charge is -2.19. The summed E-state index contributed by atoms with van der Waals surface area (Å²) in [5.41, 5.74) is 11.8. The molecule has 1 amide bonds. The van der Waals surface area contributed by atoms with Crippen molar-refractivity contribution in [1.29, 1.82) is 0 Å². The molecule has 2 atom stereocenters. The number of nitrogens with one attached hydrogen (secondary N) is 4. The van der Waals surface area contributed by atoms with Crippen LogP contribution in [0.1, 0.15) is 55.1 Å². The molecule has 39 heavy (non-hydrogen) atoms. The monoisotopic (exact) mass is 526 g/mol. The summed E-state index contributed by atoms with van der Waals surface area (Å²) in [6.45, 7) is 10.2. The van der Waals surface area contributed by atoms with E-state index in [9.17, 15) is 9.59 Å². The fourth-order valence-electron chi connectivity index (χ4n) is 5.39. The van der Waals surface area contributed by atoms with Crippen molar-refractivity contribution >= 4 is 23.1 Å². The van der Waals surface area contributed by atoms with Gasteiger partial charge in [-0.25, -0.2) is 10.4 Å². The van der Waals surface area contributed by atoms with Gasteiger partial charge in [0.1, 0.15) is 11.5 Å². The smallest absolute Gasteiger partial charge is 0.276 e. The van der Waals surface area contributed by atoms with Crippen molar-refractivity contribution in [1.82, 2.24) is 20.7 Å². The number of amides is 1. The fourth-order valence-corrected chi connectivity index (χ4v) is 5.39. The molecule has 3 heterocycles. The molecule has 2 aliphatic rings. The van der Waals surface area contributed by atoms with Crippen LogP contribution in [0, 0.1) is 12.8 Å². The molecule has 3 aromatic rings. The molecule has 0 radical (unpaired) electrons.